The second-order valence-corrected chi connectivity index (χ2v) is 8.36. The first-order chi connectivity index (χ1) is 14.1. The van der Waals surface area contributed by atoms with Gasteiger partial charge in [0.1, 0.15) is 11.6 Å². The zero-order valence-corrected chi connectivity index (χ0v) is 18.1. The zero-order valence-electron chi connectivity index (χ0n) is 15.7. The first-order valence-electron chi connectivity index (χ1n) is 9.19. The molecule has 0 aliphatic carbocycles. The molecule has 0 unspecified atom stereocenters. The number of alkyl halides is 1. The minimum atomic E-state index is -0.367. The predicted octanol–water partition coefficient (Wildman–Crippen LogP) is 7.02. The van der Waals surface area contributed by atoms with Gasteiger partial charge in [0.05, 0.1) is 6.61 Å². The van der Waals surface area contributed by atoms with Gasteiger partial charge in [-0.3, -0.25) is 4.79 Å². The van der Waals surface area contributed by atoms with Crippen molar-refractivity contribution < 1.29 is 13.9 Å². The Bertz CT molecular complexity index is 1200. The van der Waals surface area contributed by atoms with Gasteiger partial charge < -0.3 is 4.74 Å². The molecule has 1 aromatic heterocycles. The Morgan fingerprint density at radius 2 is 1.83 bits per heavy atom. The summed E-state index contributed by atoms with van der Waals surface area (Å²) in [6.45, 7) is 2.35. The van der Waals surface area contributed by atoms with Crippen molar-refractivity contribution in [1.29, 1.82) is 0 Å². The van der Waals surface area contributed by atoms with Crippen LogP contribution in [0.5, 0.6) is 5.75 Å². The molecule has 0 N–H and O–H groups in total. The highest BCUT2D eigenvalue weighted by molar-refractivity contribution is 9.09. The largest absolute Gasteiger partial charge is 0.493 e. The van der Waals surface area contributed by atoms with Gasteiger partial charge in [0.2, 0.25) is 0 Å². The summed E-state index contributed by atoms with van der Waals surface area (Å²) in [5, 5.41) is 3.48. The number of carbonyl (C=O) groups excluding carboxylic acids is 1. The fourth-order valence-corrected chi connectivity index (χ4v) is 4.58. The molecular weight excluding hydrogens is 451 g/mol. The smallest absolute Gasteiger partial charge is 0.195 e. The number of thiophene rings is 1. The number of ether oxygens (including phenoxy) is 1. The highest BCUT2D eigenvalue weighted by atomic mass is 79.9. The average molecular weight is 469 g/mol. The summed E-state index contributed by atoms with van der Waals surface area (Å²) in [6.07, 6.45) is 0. The van der Waals surface area contributed by atoms with E-state index in [1.165, 1.54) is 17.4 Å². The summed E-state index contributed by atoms with van der Waals surface area (Å²) in [7, 11) is 0. The molecule has 29 heavy (non-hydrogen) atoms. The van der Waals surface area contributed by atoms with Gasteiger partial charge in [0.15, 0.2) is 5.78 Å². The van der Waals surface area contributed by atoms with E-state index in [9.17, 15) is 9.18 Å². The summed E-state index contributed by atoms with van der Waals surface area (Å²) in [5.74, 6) is 0.144. The van der Waals surface area contributed by atoms with Crippen LogP contribution in [0.25, 0.3) is 21.2 Å². The summed E-state index contributed by atoms with van der Waals surface area (Å²) >= 11 is 4.89. The van der Waals surface area contributed by atoms with Gasteiger partial charge in [-0.05, 0) is 42.3 Å². The molecule has 0 bridgehead atoms. The van der Waals surface area contributed by atoms with Crippen molar-refractivity contribution in [2.24, 2.45) is 0 Å². The van der Waals surface area contributed by atoms with E-state index in [2.05, 4.69) is 15.9 Å². The monoisotopic (exact) mass is 468 g/mol. The van der Waals surface area contributed by atoms with Crippen molar-refractivity contribution in [2.75, 3.05) is 11.9 Å². The third-order valence-corrected chi connectivity index (χ3v) is 6.06. The van der Waals surface area contributed by atoms with Crippen LogP contribution >= 0.6 is 27.3 Å². The van der Waals surface area contributed by atoms with Crippen LogP contribution in [0.15, 0.2) is 66.0 Å². The predicted molar refractivity (Wildman–Crippen MR) is 121 cm³/mol. The standard InChI is InChI=1S/C24H18BrFO2S/c1-15-12-16(28-11-10-25)13-19(17-6-2-4-8-21(17)26)23(15)24(27)20-14-29-22-9-5-3-7-18(20)22/h2-9,12-14H,10-11H2,1H3. The Labute approximate surface area is 181 Å². The quantitative estimate of drug-likeness (QED) is 0.224. The highest BCUT2D eigenvalue weighted by Crippen LogP contribution is 2.36. The Kier molecular flexibility index (Phi) is 5.79. The number of hydrogen-bond donors (Lipinski definition) is 0. The topological polar surface area (TPSA) is 26.3 Å². The maximum absolute atomic E-state index is 14.7. The first kappa shape index (κ1) is 19.8. The maximum Gasteiger partial charge on any atom is 0.195 e. The molecule has 0 aliphatic rings. The minimum Gasteiger partial charge on any atom is -0.493 e. The van der Waals surface area contributed by atoms with Gasteiger partial charge in [-0.2, -0.15) is 0 Å². The molecule has 4 rings (SSSR count). The molecule has 0 saturated heterocycles. The van der Waals surface area contributed by atoms with Crippen molar-refractivity contribution in [3.63, 3.8) is 0 Å². The summed E-state index contributed by atoms with van der Waals surface area (Å²) in [4.78, 5) is 13.6. The third kappa shape index (κ3) is 3.85. The lowest BCUT2D eigenvalue weighted by molar-refractivity contribution is 0.104. The van der Waals surface area contributed by atoms with Crippen molar-refractivity contribution in [1.82, 2.24) is 0 Å². The van der Waals surface area contributed by atoms with Crippen molar-refractivity contribution in [3.05, 3.63) is 88.6 Å². The van der Waals surface area contributed by atoms with E-state index in [0.29, 0.717) is 39.9 Å². The average Bonchev–Trinajstić information content (AvgIpc) is 3.16. The highest BCUT2D eigenvalue weighted by Gasteiger charge is 2.23. The molecule has 0 spiro atoms. The molecule has 0 atom stereocenters. The summed E-state index contributed by atoms with van der Waals surface area (Å²) < 4.78 is 21.5. The lowest BCUT2D eigenvalue weighted by Gasteiger charge is -2.16. The normalized spacial score (nSPS) is 11.0. The number of ketones is 1. The zero-order chi connectivity index (χ0) is 20.4. The molecule has 0 amide bonds. The molecule has 146 valence electrons. The third-order valence-electron chi connectivity index (χ3n) is 4.77. The molecule has 0 fully saturated rings. The van der Waals surface area contributed by atoms with Gasteiger partial charge in [-0.15, -0.1) is 11.3 Å². The fourth-order valence-electron chi connectivity index (χ4n) is 3.48. The number of benzene rings is 3. The van der Waals surface area contributed by atoms with Crippen LogP contribution in [-0.4, -0.2) is 17.7 Å². The Morgan fingerprint density at radius 1 is 1.07 bits per heavy atom. The van der Waals surface area contributed by atoms with E-state index in [1.54, 1.807) is 24.3 Å². The molecular formula is C24H18BrFO2S. The molecule has 0 aliphatic heterocycles. The van der Waals surface area contributed by atoms with Crippen LogP contribution < -0.4 is 4.74 Å². The molecule has 5 heteroatoms. The van der Waals surface area contributed by atoms with Crippen LogP contribution in [0.4, 0.5) is 4.39 Å². The second-order valence-electron chi connectivity index (χ2n) is 6.65. The first-order valence-corrected chi connectivity index (χ1v) is 11.2. The van der Waals surface area contributed by atoms with Crippen LogP contribution in [0.1, 0.15) is 21.5 Å². The van der Waals surface area contributed by atoms with E-state index < -0.39 is 0 Å². The van der Waals surface area contributed by atoms with Crippen LogP contribution in [0.2, 0.25) is 0 Å². The Balaban J connectivity index is 1.92. The van der Waals surface area contributed by atoms with E-state index in [0.717, 1.165) is 15.6 Å². The van der Waals surface area contributed by atoms with Gasteiger partial charge in [-0.25, -0.2) is 4.39 Å². The van der Waals surface area contributed by atoms with Crippen LogP contribution in [-0.2, 0) is 0 Å². The molecule has 0 radical (unpaired) electrons. The van der Waals surface area contributed by atoms with E-state index in [-0.39, 0.29) is 11.6 Å². The maximum atomic E-state index is 14.7. The number of aryl methyl sites for hydroxylation is 1. The molecule has 4 aromatic rings. The summed E-state index contributed by atoms with van der Waals surface area (Å²) in [6, 6.07) is 17.9. The number of carbonyl (C=O) groups is 1. The Hall–Kier alpha value is -2.50. The lowest BCUT2D eigenvalue weighted by Crippen LogP contribution is -2.08. The van der Waals surface area contributed by atoms with Crippen LogP contribution in [0, 0.1) is 12.7 Å². The Morgan fingerprint density at radius 3 is 2.62 bits per heavy atom. The van der Waals surface area contributed by atoms with Crippen molar-refractivity contribution in [2.45, 2.75) is 6.92 Å². The van der Waals surface area contributed by atoms with Gasteiger partial charge >= 0.3 is 0 Å². The number of halogens is 2. The van der Waals surface area contributed by atoms with Crippen molar-refractivity contribution in [3.8, 4) is 16.9 Å². The SMILES string of the molecule is Cc1cc(OCCBr)cc(-c2ccccc2F)c1C(=O)c1csc2ccccc12. The number of rotatable bonds is 6. The van der Waals surface area contributed by atoms with E-state index in [4.69, 9.17) is 4.74 Å². The number of fused-ring (bicyclic) bond motifs is 1. The molecule has 2 nitrogen and oxygen atoms in total. The fraction of sp³-hybridized carbons (Fsp3) is 0.125. The molecule has 0 saturated carbocycles. The molecule has 1 heterocycles. The second kappa shape index (κ2) is 8.47. The van der Waals surface area contributed by atoms with Crippen molar-refractivity contribution >= 4 is 43.1 Å². The minimum absolute atomic E-state index is 0.106. The number of hydrogen-bond acceptors (Lipinski definition) is 3. The lowest BCUT2D eigenvalue weighted by atomic mass is 9.90. The van der Waals surface area contributed by atoms with Gasteiger partial charge in [0.25, 0.3) is 0 Å². The van der Waals surface area contributed by atoms with E-state index in [1.807, 2.05) is 42.6 Å². The molecule has 3 aromatic carbocycles. The van der Waals surface area contributed by atoms with E-state index >= 15 is 0 Å². The van der Waals surface area contributed by atoms with Gasteiger partial charge in [0, 0.05) is 37.5 Å². The van der Waals surface area contributed by atoms with Crippen LogP contribution in [0.3, 0.4) is 0 Å². The summed E-state index contributed by atoms with van der Waals surface area (Å²) in [5.41, 5.74) is 2.84. The van der Waals surface area contributed by atoms with Gasteiger partial charge in [-0.1, -0.05) is 52.3 Å².